The van der Waals surface area contributed by atoms with Gasteiger partial charge in [0.05, 0.1) is 5.52 Å². The van der Waals surface area contributed by atoms with E-state index in [9.17, 15) is 27.9 Å². The topological polar surface area (TPSA) is 98.0 Å². The smallest absolute Gasteiger partial charge is 0.323 e. The molecular weight excluding hydrogens is 599 g/mol. The van der Waals surface area contributed by atoms with Gasteiger partial charge in [-0.2, -0.15) is 0 Å². The van der Waals surface area contributed by atoms with Gasteiger partial charge in [0.25, 0.3) is 0 Å². The van der Waals surface area contributed by atoms with Crippen molar-refractivity contribution in [2.75, 3.05) is 13.2 Å². The molecule has 0 saturated carbocycles. The zero-order chi connectivity index (χ0) is 31.8. The van der Waals surface area contributed by atoms with Gasteiger partial charge >= 0.3 is 11.9 Å². The first kappa shape index (κ1) is 32.2. The lowest BCUT2D eigenvalue weighted by Crippen LogP contribution is -2.10. The number of rotatable bonds is 14. The molecule has 44 heavy (non-hydrogen) atoms. The number of carboxylic acids is 2. The van der Waals surface area contributed by atoms with E-state index in [1.165, 1.54) is 12.1 Å². The minimum absolute atomic E-state index is 0.0300. The fourth-order valence-corrected chi connectivity index (χ4v) is 4.95. The van der Waals surface area contributed by atoms with Crippen molar-refractivity contribution >= 4 is 46.6 Å². The van der Waals surface area contributed by atoms with Crippen LogP contribution in [0.1, 0.15) is 35.2 Å². The van der Waals surface area contributed by atoms with Crippen molar-refractivity contribution in [1.29, 1.82) is 0 Å². The Bertz CT molecular complexity index is 1730. The van der Waals surface area contributed by atoms with Gasteiger partial charge in [-0.3, -0.25) is 9.59 Å². The van der Waals surface area contributed by atoms with Crippen LogP contribution in [0.3, 0.4) is 0 Å². The molecule has 0 bridgehead atoms. The molecule has 7 nitrogen and oxygen atoms in total. The van der Waals surface area contributed by atoms with E-state index >= 15 is 0 Å². The largest absolute Gasteiger partial charge is 0.490 e. The molecule has 0 aliphatic heterocycles. The zero-order valence-corrected chi connectivity index (χ0v) is 24.4. The Morgan fingerprint density at radius 1 is 0.909 bits per heavy atom. The number of ether oxygens (including phenoxy) is 2. The van der Waals surface area contributed by atoms with E-state index in [1.54, 1.807) is 60.1 Å². The van der Waals surface area contributed by atoms with Gasteiger partial charge in [-0.1, -0.05) is 35.9 Å². The van der Waals surface area contributed by atoms with Crippen molar-refractivity contribution in [3.63, 3.8) is 0 Å². The molecule has 0 atom stereocenters. The summed E-state index contributed by atoms with van der Waals surface area (Å²) in [5, 5.41) is 18.8. The number of nitrogens with zero attached hydrogens (tertiary/aromatic N) is 1. The van der Waals surface area contributed by atoms with Crippen LogP contribution in [0.4, 0.5) is 13.2 Å². The minimum atomic E-state index is -1.05. The molecule has 0 radical (unpaired) electrons. The number of aromatic nitrogens is 1. The summed E-state index contributed by atoms with van der Waals surface area (Å²) in [6.07, 6.45) is 7.44. The predicted molar refractivity (Wildman–Crippen MR) is 162 cm³/mol. The van der Waals surface area contributed by atoms with Crippen molar-refractivity contribution in [2.45, 2.75) is 32.7 Å². The molecule has 0 saturated heterocycles. The minimum Gasteiger partial charge on any atom is -0.490 e. The molecule has 0 aliphatic carbocycles. The second kappa shape index (κ2) is 14.7. The van der Waals surface area contributed by atoms with Crippen LogP contribution in [0, 0.1) is 24.4 Å². The van der Waals surface area contributed by atoms with Gasteiger partial charge in [-0.25, -0.2) is 13.2 Å². The monoisotopic (exact) mass is 627 g/mol. The van der Waals surface area contributed by atoms with Gasteiger partial charge in [0, 0.05) is 35.2 Å². The van der Waals surface area contributed by atoms with Crippen molar-refractivity contribution in [2.24, 2.45) is 0 Å². The second-order valence-electron chi connectivity index (χ2n) is 9.88. The lowest BCUT2D eigenvalue weighted by Gasteiger charge is -2.08. The highest BCUT2D eigenvalue weighted by Gasteiger charge is 2.19. The highest BCUT2D eigenvalue weighted by atomic mass is 35.5. The third kappa shape index (κ3) is 8.23. The maximum Gasteiger partial charge on any atom is 0.323 e. The number of carbonyl (C=O) groups is 2. The van der Waals surface area contributed by atoms with Gasteiger partial charge in [0.1, 0.15) is 53.7 Å². The first-order valence-corrected chi connectivity index (χ1v) is 14.0. The number of aliphatic carboxylic acids is 2. The summed E-state index contributed by atoms with van der Waals surface area (Å²) in [6.45, 7) is 1.67. The maximum absolute atomic E-state index is 14.7. The molecule has 4 aromatic rings. The van der Waals surface area contributed by atoms with Gasteiger partial charge in [0.2, 0.25) is 0 Å². The number of hydrogen-bond donors (Lipinski definition) is 2. The van der Waals surface area contributed by atoms with E-state index in [4.69, 9.17) is 26.2 Å². The van der Waals surface area contributed by atoms with E-state index < -0.39 is 29.4 Å². The predicted octanol–water partition coefficient (Wildman–Crippen LogP) is 7.70. The third-order valence-corrected chi connectivity index (χ3v) is 7.16. The first-order valence-electron chi connectivity index (χ1n) is 13.6. The van der Waals surface area contributed by atoms with Crippen molar-refractivity contribution in [1.82, 2.24) is 4.57 Å². The fourth-order valence-electron chi connectivity index (χ4n) is 4.79. The van der Waals surface area contributed by atoms with Gasteiger partial charge < -0.3 is 24.3 Å². The highest BCUT2D eigenvalue weighted by Crippen LogP contribution is 2.32. The number of hydrogen-bond acceptors (Lipinski definition) is 4. The Kier molecular flexibility index (Phi) is 10.7. The molecule has 230 valence electrons. The van der Waals surface area contributed by atoms with Crippen LogP contribution in [-0.4, -0.2) is 39.9 Å². The quantitative estimate of drug-likeness (QED) is 0.0845. The molecule has 1 heterocycles. The summed E-state index contributed by atoms with van der Waals surface area (Å²) in [5.74, 6) is -3.69. The molecule has 0 fully saturated rings. The molecule has 3 aromatic carbocycles. The second-order valence-corrected chi connectivity index (χ2v) is 10.3. The SMILES string of the molecule is Cc1c(CCCC(=O)O)c2cc(F)cc(C=Cc3ccc(OCC=CCOc4cc(F)cc(F)c4Cl)cc3)c2n1CC(=O)O. The molecule has 0 amide bonds. The van der Waals surface area contributed by atoms with Gasteiger partial charge in [-0.15, -0.1) is 0 Å². The summed E-state index contributed by atoms with van der Waals surface area (Å²) in [5.41, 5.74) is 3.22. The van der Waals surface area contributed by atoms with Crippen molar-refractivity contribution < 1.29 is 42.4 Å². The van der Waals surface area contributed by atoms with E-state index in [0.29, 0.717) is 46.8 Å². The van der Waals surface area contributed by atoms with Crippen LogP contribution in [0.25, 0.3) is 23.1 Å². The Morgan fingerprint density at radius 2 is 1.59 bits per heavy atom. The Balaban J connectivity index is 1.43. The number of fused-ring (bicyclic) bond motifs is 1. The molecule has 11 heteroatoms. The van der Waals surface area contributed by atoms with E-state index in [0.717, 1.165) is 17.2 Å². The van der Waals surface area contributed by atoms with Crippen LogP contribution in [0.5, 0.6) is 11.5 Å². The maximum atomic E-state index is 14.7. The summed E-state index contributed by atoms with van der Waals surface area (Å²) >= 11 is 5.77. The molecular formula is C33H29ClF3NO6. The summed E-state index contributed by atoms with van der Waals surface area (Å²) in [7, 11) is 0. The average molecular weight is 628 g/mol. The lowest BCUT2D eigenvalue weighted by atomic mass is 10.0. The molecule has 4 rings (SSSR count). The zero-order valence-electron chi connectivity index (χ0n) is 23.7. The normalized spacial score (nSPS) is 11.6. The van der Waals surface area contributed by atoms with Gasteiger partial charge in [-0.05, 0) is 67.3 Å². The number of carboxylic acid groups (broad SMARTS) is 2. The van der Waals surface area contributed by atoms with E-state index in [2.05, 4.69) is 0 Å². The standard InChI is InChI=1S/C33H29ClF3NO6/c1-20-26(5-4-6-30(39)40)27-16-23(35)15-22(33(27)38(20)19-31(41)42)10-7-21-8-11-25(12-9-21)43-13-2-3-14-44-29-18-24(36)17-28(37)32(29)34/h2-3,7-12,15-18H,4-6,13-14,19H2,1H3,(H,39,40)(H,41,42). The van der Waals surface area contributed by atoms with E-state index in [-0.39, 0.29) is 37.0 Å². The summed E-state index contributed by atoms with van der Waals surface area (Å²) < 4.78 is 54.1. The van der Waals surface area contributed by atoms with Crippen LogP contribution in [-0.2, 0) is 22.6 Å². The molecule has 0 aliphatic rings. The highest BCUT2D eigenvalue weighted by molar-refractivity contribution is 6.32. The van der Waals surface area contributed by atoms with Crippen LogP contribution in [0.2, 0.25) is 5.02 Å². The molecule has 2 N–H and O–H groups in total. The molecule has 1 aromatic heterocycles. The van der Waals surface area contributed by atoms with E-state index in [1.807, 2.05) is 0 Å². The van der Waals surface area contributed by atoms with Gasteiger partial charge in [0.15, 0.2) is 0 Å². The lowest BCUT2D eigenvalue weighted by molar-refractivity contribution is -0.138. The van der Waals surface area contributed by atoms with Crippen molar-refractivity contribution in [3.05, 3.63) is 106 Å². The first-order chi connectivity index (χ1) is 21.0. The van der Waals surface area contributed by atoms with Crippen LogP contribution in [0.15, 0.2) is 60.7 Å². The number of halogens is 4. The Hall–Kier alpha value is -4.70. The Morgan fingerprint density at radius 3 is 2.27 bits per heavy atom. The third-order valence-electron chi connectivity index (χ3n) is 6.79. The average Bonchev–Trinajstić information content (AvgIpc) is 3.21. The summed E-state index contributed by atoms with van der Waals surface area (Å²) in [6, 6.07) is 11.5. The van der Waals surface area contributed by atoms with Crippen molar-refractivity contribution in [3.8, 4) is 11.5 Å². The number of benzene rings is 3. The van der Waals surface area contributed by atoms with Crippen LogP contribution >= 0.6 is 11.6 Å². The molecule has 0 spiro atoms. The number of aryl methyl sites for hydroxylation is 1. The van der Waals surface area contributed by atoms with Crippen LogP contribution < -0.4 is 9.47 Å². The molecule has 0 unspecified atom stereocenters. The summed E-state index contributed by atoms with van der Waals surface area (Å²) in [4.78, 5) is 22.7. The fraction of sp³-hybridized carbons (Fsp3) is 0.212. The Labute approximate surface area is 256 Å².